The number of carbonyl (C=O) groups is 1. The summed E-state index contributed by atoms with van der Waals surface area (Å²) in [5, 5.41) is 9.10. The lowest BCUT2D eigenvalue weighted by Gasteiger charge is -2.18. The summed E-state index contributed by atoms with van der Waals surface area (Å²) in [6.45, 7) is 1.87. The quantitative estimate of drug-likeness (QED) is 0.567. The lowest BCUT2D eigenvalue weighted by atomic mass is 10.0. The summed E-state index contributed by atoms with van der Waals surface area (Å²) in [6.07, 6.45) is -0.887. The highest BCUT2D eigenvalue weighted by atomic mass is 19.3. The van der Waals surface area contributed by atoms with Crippen LogP contribution in [0.1, 0.15) is 17.5 Å². The van der Waals surface area contributed by atoms with Crippen LogP contribution in [0.2, 0.25) is 0 Å². The number of nitrogens with one attached hydrogen (secondary N) is 3. The lowest BCUT2D eigenvalue weighted by molar-refractivity contribution is -0.286. The molecule has 3 N–H and O–H groups in total. The van der Waals surface area contributed by atoms with Crippen LogP contribution in [0.15, 0.2) is 42.6 Å². The lowest BCUT2D eigenvalue weighted by Crippen LogP contribution is -2.25. The van der Waals surface area contributed by atoms with E-state index >= 15 is 0 Å². The number of carbonyl (C=O) groups excluding carboxylic acids is 1. The van der Waals surface area contributed by atoms with Crippen molar-refractivity contribution in [3.8, 4) is 11.5 Å². The number of aromatic nitrogens is 2. The third-order valence-electron chi connectivity index (χ3n) is 4.89. The van der Waals surface area contributed by atoms with Crippen LogP contribution in [-0.4, -0.2) is 22.2 Å². The number of alkyl halides is 2. The fraction of sp³-hybridized carbons (Fsp3) is 0.190. The van der Waals surface area contributed by atoms with Gasteiger partial charge in [-0.2, -0.15) is 4.98 Å². The van der Waals surface area contributed by atoms with Crippen LogP contribution >= 0.6 is 0 Å². The fourth-order valence-corrected chi connectivity index (χ4v) is 3.38. The normalized spacial score (nSPS) is 15.8. The smallest absolute Gasteiger partial charge is 0.395 e. The number of anilines is 5. The Morgan fingerprint density at radius 2 is 1.81 bits per heavy atom. The molecule has 3 heterocycles. The first-order valence-corrected chi connectivity index (χ1v) is 9.55. The number of halogens is 2. The van der Waals surface area contributed by atoms with Crippen LogP contribution in [0.3, 0.4) is 0 Å². The minimum absolute atomic E-state index is 0.0165. The molecule has 158 valence electrons. The van der Waals surface area contributed by atoms with Crippen molar-refractivity contribution in [1.82, 2.24) is 9.97 Å². The number of amides is 1. The van der Waals surface area contributed by atoms with Gasteiger partial charge in [-0.15, -0.1) is 8.78 Å². The Bertz CT molecular complexity index is 1200. The van der Waals surface area contributed by atoms with E-state index in [9.17, 15) is 13.6 Å². The Kier molecular flexibility index (Phi) is 4.35. The molecular formula is C21H17F2N5O3. The van der Waals surface area contributed by atoms with Crippen LogP contribution < -0.4 is 25.4 Å². The zero-order chi connectivity index (χ0) is 21.6. The summed E-state index contributed by atoms with van der Waals surface area (Å²) >= 11 is 0. The number of fused-ring (bicyclic) bond motifs is 2. The summed E-state index contributed by atoms with van der Waals surface area (Å²) in [5.41, 5.74) is 3.98. The van der Waals surface area contributed by atoms with E-state index in [4.69, 9.17) is 0 Å². The minimum Gasteiger partial charge on any atom is -0.395 e. The summed E-state index contributed by atoms with van der Waals surface area (Å²) in [7, 11) is 0. The molecule has 0 radical (unpaired) electrons. The third kappa shape index (κ3) is 3.91. The van der Waals surface area contributed by atoms with Crippen molar-refractivity contribution in [3.63, 3.8) is 0 Å². The zero-order valence-electron chi connectivity index (χ0n) is 16.3. The molecule has 0 saturated heterocycles. The molecule has 3 aromatic rings. The van der Waals surface area contributed by atoms with Crippen molar-refractivity contribution in [1.29, 1.82) is 0 Å². The van der Waals surface area contributed by atoms with Gasteiger partial charge in [0.25, 0.3) is 0 Å². The number of nitrogens with zero attached hydrogens (tertiary/aromatic N) is 2. The van der Waals surface area contributed by atoms with Crippen molar-refractivity contribution >= 4 is 34.7 Å². The van der Waals surface area contributed by atoms with E-state index < -0.39 is 6.29 Å². The van der Waals surface area contributed by atoms with E-state index in [-0.39, 0.29) is 23.4 Å². The van der Waals surface area contributed by atoms with Crippen molar-refractivity contribution in [2.45, 2.75) is 26.1 Å². The van der Waals surface area contributed by atoms with E-state index in [2.05, 4.69) is 35.4 Å². The number of ether oxygens (including phenoxy) is 2. The molecule has 0 fully saturated rings. The van der Waals surface area contributed by atoms with E-state index in [1.807, 2.05) is 25.1 Å². The van der Waals surface area contributed by atoms with Crippen molar-refractivity contribution in [2.24, 2.45) is 0 Å². The molecular weight excluding hydrogens is 408 g/mol. The van der Waals surface area contributed by atoms with Gasteiger partial charge in [0.05, 0.1) is 0 Å². The first-order valence-electron chi connectivity index (χ1n) is 9.55. The van der Waals surface area contributed by atoms with Gasteiger partial charge in [0, 0.05) is 41.3 Å². The molecule has 2 aliphatic rings. The van der Waals surface area contributed by atoms with Crippen LogP contribution in [-0.2, 0) is 11.2 Å². The largest absolute Gasteiger partial charge is 0.586 e. The molecule has 0 unspecified atom stereocenters. The summed E-state index contributed by atoms with van der Waals surface area (Å²) in [4.78, 5) is 20.3. The molecule has 10 heteroatoms. The summed E-state index contributed by atoms with van der Waals surface area (Å²) < 4.78 is 35.3. The summed E-state index contributed by atoms with van der Waals surface area (Å²) in [5.74, 6) is 0.782. The van der Waals surface area contributed by atoms with E-state index in [1.165, 1.54) is 12.1 Å². The first-order chi connectivity index (χ1) is 14.8. The topological polar surface area (TPSA) is 97.4 Å². The van der Waals surface area contributed by atoms with Gasteiger partial charge < -0.3 is 25.4 Å². The second kappa shape index (κ2) is 7.08. The van der Waals surface area contributed by atoms with Gasteiger partial charge in [0.2, 0.25) is 11.9 Å². The highest BCUT2D eigenvalue weighted by Crippen LogP contribution is 2.42. The van der Waals surface area contributed by atoms with Crippen LogP contribution in [0.4, 0.5) is 37.6 Å². The molecule has 0 saturated carbocycles. The number of aryl methyl sites for hydroxylation is 2. The van der Waals surface area contributed by atoms with Gasteiger partial charge in [-0.05, 0) is 49.2 Å². The van der Waals surface area contributed by atoms with Crippen molar-refractivity contribution in [3.05, 3.63) is 53.7 Å². The second-order valence-corrected chi connectivity index (χ2v) is 7.22. The Balaban J connectivity index is 1.35. The molecule has 1 amide bonds. The minimum atomic E-state index is -3.67. The molecule has 1 aromatic heterocycles. The molecule has 0 spiro atoms. The maximum atomic E-state index is 13.2. The van der Waals surface area contributed by atoms with Crippen LogP contribution in [0.5, 0.6) is 11.5 Å². The molecule has 31 heavy (non-hydrogen) atoms. The highest BCUT2D eigenvalue weighted by Gasteiger charge is 2.43. The van der Waals surface area contributed by atoms with E-state index in [0.717, 1.165) is 22.5 Å². The monoisotopic (exact) mass is 425 g/mol. The molecule has 8 nitrogen and oxygen atoms in total. The standard InChI is InChI=1S/C21H17F2N5O3/c1-11-10-24-20(26-14-4-6-16-17(9-14)31-21(22,23)30-16)28-19(11)25-13-3-5-15-12(8-13)2-7-18(29)27-15/h3-6,8-10H,2,7H2,1H3,(H,27,29)(H2,24,25,26,28). The molecule has 5 rings (SSSR count). The highest BCUT2D eigenvalue weighted by molar-refractivity contribution is 5.94. The molecule has 2 aromatic carbocycles. The molecule has 0 aliphatic carbocycles. The maximum Gasteiger partial charge on any atom is 0.586 e. The van der Waals surface area contributed by atoms with Crippen LogP contribution in [0, 0.1) is 6.92 Å². The van der Waals surface area contributed by atoms with Crippen LogP contribution in [0.25, 0.3) is 0 Å². The van der Waals surface area contributed by atoms with E-state index in [0.29, 0.717) is 24.3 Å². The fourth-order valence-electron chi connectivity index (χ4n) is 3.38. The maximum absolute atomic E-state index is 13.2. The number of benzene rings is 2. The van der Waals surface area contributed by atoms with Gasteiger partial charge in [0.15, 0.2) is 11.5 Å². The first kappa shape index (κ1) is 19.0. The van der Waals surface area contributed by atoms with Gasteiger partial charge >= 0.3 is 6.29 Å². The molecule has 0 bridgehead atoms. The Hall–Kier alpha value is -3.95. The Labute approximate surface area is 175 Å². The second-order valence-electron chi connectivity index (χ2n) is 7.22. The predicted molar refractivity (Wildman–Crippen MR) is 109 cm³/mol. The molecule has 0 atom stereocenters. The van der Waals surface area contributed by atoms with Crippen molar-refractivity contribution in [2.75, 3.05) is 16.0 Å². The number of rotatable bonds is 4. The van der Waals surface area contributed by atoms with Gasteiger partial charge in [-0.3, -0.25) is 4.79 Å². The van der Waals surface area contributed by atoms with Crippen molar-refractivity contribution < 1.29 is 23.0 Å². The zero-order valence-corrected chi connectivity index (χ0v) is 16.3. The summed E-state index contributed by atoms with van der Waals surface area (Å²) in [6, 6.07) is 10.0. The van der Waals surface area contributed by atoms with Gasteiger partial charge in [0.1, 0.15) is 5.82 Å². The number of hydrogen-bond donors (Lipinski definition) is 3. The SMILES string of the molecule is Cc1cnc(Nc2ccc3c(c2)OC(F)(F)O3)nc1Nc1ccc2c(c1)CCC(=O)N2. The van der Waals surface area contributed by atoms with Gasteiger partial charge in [-0.1, -0.05) is 0 Å². The third-order valence-corrected chi connectivity index (χ3v) is 4.89. The predicted octanol–water partition coefficient (Wildman–Crippen LogP) is 4.48. The van der Waals surface area contributed by atoms with E-state index in [1.54, 1.807) is 12.3 Å². The average Bonchev–Trinajstić information content (AvgIpc) is 3.03. The average molecular weight is 425 g/mol. The number of hydrogen-bond acceptors (Lipinski definition) is 7. The Morgan fingerprint density at radius 1 is 1.03 bits per heavy atom. The molecule has 2 aliphatic heterocycles. The van der Waals surface area contributed by atoms with Gasteiger partial charge in [-0.25, -0.2) is 4.98 Å². The Morgan fingerprint density at radius 3 is 2.68 bits per heavy atom.